The van der Waals surface area contributed by atoms with Crippen molar-refractivity contribution in [3.63, 3.8) is 0 Å². The molecule has 1 heterocycles. The second-order valence-electron chi connectivity index (χ2n) is 5.52. The van der Waals surface area contributed by atoms with Crippen LogP contribution in [0.3, 0.4) is 0 Å². The first-order valence-corrected chi connectivity index (χ1v) is 7.33. The van der Waals surface area contributed by atoms with Crippen molar-refractivity contribution >= 4 is 11.6 Å². The van der Waals surface area contributed by atoms with Gasteiger partial charge < -0.3 is 11.1 Å². The number of amides is 1. The highest BCUT2D eigenvalue weighted by Gasteiger charge is 2.27. The standard InChI is InChI=1S/C16H20N4O/c1-11(20-9-8-15(19-20)12-6-7-12)16(21)18-14-5-3-2-4-13(14)10-17/h2-5,8-9,11-12H,6-7,10,17H2,1H3,(H,18,21). The highest BCUT2D eigenvalue weighted by atomic mass is 16.2. The molecular weight excluding hydrogens is 264 g/mol. The van der Waals surface area contributed by atoms with Gasteiger partial charge in [-0.25, -0.2) is 0 Å². The molecule has 1 aromatic heterocycles. The van der Waals surface area contributed by atoms with Gasteiger partial charge in [0.2, 0.25) is 5.91 Å². The fourth-order valence-corrected chi connectivity index (χ4v) is 2.34. The number of rotatable bonds is 5. The number of carbonyl (C=O) groups is 1. The van der Waals surface area contributed by atoms with Gasteiger partial charge in [0.25, 0.3) is 0 Å². The first-order valence-electron chi connectivity index (χ1n) is 7.33. The SMILES string of the molecule is CC(C(=O)Nc1ccccc1CN)n1ccc(C2CC2)n1. The van der Waals surface area contributed by atoms with Crippen molar-refractivity contribution in [2.45, 2.75) is 38.3 Å². The summed E-state index contributed by atoms with van der Waals surface area (Å²) >= 11 is 0. The van der Waals surface area contributed by atoms with Crippen molar-refractivity contribution in [3.8, 4) is 0 Å². The minimum Gasteiger partial charge on any atom is -0.326 e. The average Bonchev–Trinajstić information content (AvgIpc) is 3.24. The van der Waals surface area contributed by atoms with E-state index in [9.17, 15) is 4.79 Å². The summed E-state index contributed by atoms with van der Waals surface area (Å²) in [4.78, 5) is 12.4. The van der Waals surface area contributed by atoms with E-state index in [-0.39, 0.29) is 11.9 Å². The van der Waals surface area contributed by atoms with Gasteiger partial charge in [-0.15, -0.1) is 0 Å². The van der Waals surface area contributed by atoms with Gasteiger partial charge >= 0.3 is 0 Å². The Hall–Kier alpha value is -2.14. The zero-order valence-corrected chi connectivity index (χ0v) is 12.1. The summed E-state index contributed by atoms with van der Waals surface area (Å²) in [5.74, 6) is 0.515. The normalized spacial score (nSPS) is 15.7. The number of hydrogen-bond donors (Lipinski definition) is 2. The Bertz CT molecular complexity index is 645. The molecule has 1 aliphatic carbocycles. The van der Waals surface area contributed by atoms with E-state index in [4.69, 9.17) is 5.73 Å². The number of nitrogens with two attached hydrogens (primary N) is 1. The van der Waals surface area contributed by atoms with Crippen LogP contribution in [0.15, 0.2) is 36.5 Å². The molecule has 1 unspecified atom stereocenters. The molecule has 3 N–H and O–H groups in total. The maximum atomic E-state index is 12.4. The number of anilines is 1. The molecule has 1 aromatic carbocycles. The second-order valence-corrected chi connectivity index (χ2v) is 5.52. The number of nitrogens with zero attached hydrogens (tertiary/aromatic N) is 2. The van der Waals surface area contributed by atoms with E-state index in [1.807, 2.05) is 43.5 Å². The van der Waals surface area contributed by atoms with Crippen LogP contribution in [-0.4, -0.2) is 15.7 Å². The zero-order valence-electron chi connectivity index (χ0n) is 12.1. The monoisotopic (exact) mass is 284 g/mol. The molecule has 3 rings (SSSR count). The zero-order chi connectivity index (χ0) is 14.8. The number of benzene rings is 1. The van der Waals surface area contributed by atoms with E-state index >= 15 is 0 Å². The van der Waals surface area contributed by atoms with E-state index in [0.29, 0.717) is 12.5 Å². The molecule has 1 aliphatic rings. The lowest BCUT2D eigenvalue weighted by atomic mass is 10.1. The molecule has 1 saturated carbocycles. The van der Waals surface area contributed by atoms with Gasteiger partial charge in [-0.1, -0.05) is 18.2 Å². The maximum Gasteiger partial charge on any atom is 0.248 e. The Balaban J connectivity index is 1.71. The number of nitrogens with one attached hydrogen (secondary N) is 1. The summed E-state index contributed by atoms with van der Waals surface area (Å²) in [5.41, 5.74) is 8.48. The molecule has 0 aliphatic heterocycles. The summed E-state index contributed by atoms with van der Waals surface area (Å²) in [6.45, 7) is 2.25. The van der Waals surface area contributed by atoms with Crippen LogP contribution in [0.1, 0.15) is 43.0 Å². The summed E-state index contributed by atoms with van der Waals surface area (Å²) in [6.07, 6.45) is 4.30. The van der Waals surface area contributed by atoms with Gasteiger partial charge in [0.05, 0.1) is 5.69 Å². The lowest BCUT2D eigenvalue weighted by Gasteiger charge is -2.14. The third kappa shape index (κ3) is 2.97. The van der Waals surface area contributed by atoms with Crippen LogP contribution in [0.5, 0.6) is 0 Å². The minimum absolute atomic E-state index is 0.0821. The van der Waals surface area contributed by atoms with Crippen molar-refractivity contribution < 1.29 is 4.79 Å². The highest BCUT2D eigenvalue weighted by molar-refractivity contribution is 5.94. The van der Waals surface area contributed by atoms with Crippen LogP contribution in [-0.2, 0) is 11.3 Å². The number of para-hydroxylation sites is 1. The van der Waals surface area contributed by atoms with Crippen LogP contribution in [0, 0.1) is 0 Å². The van der Waals surface area contributed by atoms with Crippen LogP contribution in [0.25, 0.3) is 0 Å². The quantitative estimate of drug-likeness (QED) is 0.885. The largest absolute Gasteiger partial charge is 0.326 e. The molecule has 0 radical (unpaired) electrons. The fraction of sp³-hybridized carbons (Fsp3) is 0.375. The topological polar surface area (TPSA) is 72.9 Å². The van der Waals surface area contributed by atoms with Crippen molar-refractivity contribution in [2.24, 2.45) is 5.73 Å². The molecule has 1 atom stereocenters. The van der Waals surface area contributed by atoms with Gasteiger partial charge in [-0.2, -0.15) is 5.10 Å². The van der Waals surface area contributed by atoms with Crippen LogP contribution in [0.4, 0.5) is 5.69 Å². The molecular formula is C16H20N4O. The molecule has 2 aromatic rings. The van der Waals surface area contributed by atoms with E-state index in [1.54, 1.807) is 4.68 Å². The maximum absolute atomic E-state index is 12.4. The van der Waals surface area contributed by atoms with Crippen LogP contribution < -0.4 is 11.1 Å². The Labute approximate surface area is 124 Å². The number of carbonyl (C=O) groups excluding carboxylic acids is 1. The Morgan fingerprint density at radius 2 is 2.19 bits per heavy atom. The lowest BCUT2D eigenvalue weighted by Crippen LogP contribution is -2.25. The predicted molar refractivity (Wildman–Crippen MR) is 81.9 cm³/mol. The van der Waals surface area contributed by atoms with Gasteiger partial charge in [0.15, 0.2) is 0 Å². The highest BCUT2D eigenvalue weighted by Crippen LogP contribution is 2.39. The van der Waals surface area contributed by atoms with Gasteiger partial charge in [0, 0.05) is 24.3 Å². The third-order valence-electron chi connectivity index (χ3n) is 3.90. The smallest absolute Gasteiger partial charge is 0.248 e. The number of hydrogen-bond acceptors (Lipinski definition) is 3. The first kappa shape index (κ1) is 13.8. The molecule has 5 nitrogen and oxygen atoms in total. The number of aromatic nitrogens is 2. The third-order valence-corrected chi connectivity index (χ3v) is 3.90. The van der Waals surface area contributed by atoms with Crippen molar-refractivity contribution in [2.75, 3.05) is 5.32 Å². The first-order chi connectivity index (χ1) is 10.2. The summed E-state index contributed by atoms with van der Waals surface area (Å²) in [5, 5.41) is 7.44. The van der Waals surface area contributed by atoms with E-state index in [0.717, 1.165) is 16.9 Å². The minimum atomic E-state index is -0.344. The Kier molecular flexibility index (Phi) is 3.75. The molecule has 21 heavy (non-hydrogen) atoms. The molecule has 110 valence electrons. The molecule has 0 saturated heterocycles. The van der Waals surface area contributed by atoms with E-state index in [2.05, 4.69) is 10.4 Å². The summed E-state index contributed by atoms with van der Waals surface area (Å²) < 4.78 is 1.73. The Morgan fingerprint density at radius 1 is 1.43 bits per heavy atom. The molecule has 5 heteroatoms. The van der Waals surface area contributed by atoms with Crippen molar-refractivity contribution in [3.05, 3.63) is 47.8 Å². The second kappa shape index (κ2) is 5.69. The predicted octanol–water partition coefficient (Wildman–Crippen LogP) is 2.42. The molecule has 0 spiro atoms. The summed E-state index contributed by atoms with van der Waals surface area (Å²) in [6, 6.07) is 9.25. The average molecular weight is 284 g/mol. The van der Waals surface area contributed by atoms with Crippen LogP contribution >= 0.6 is 0 Å². The molecule has 1 fully saturated rings. The van der Waals surface area contributed by atoms with Gasteiger partial charge in [-0.3, -0.25) is 9.48 Å². The molecule has 1 amide bonds. The van der Waals surface area contributed by atoms with E-state index in [1.165, 1.54) is 12.8 Å². The van der Waals surface area contributed by atoms with Crippen LogP contribution in [0.2, 0.25) is 0 Å². The summed E-state index contributed by atoms with van der Waals surface area (Å²) in [7, 11) is 0. The fourth-order valence-electron chi connectivity index (χ4n) is 2.34. The van der Waals surface area contributed by atoms with Gasteiger partial charge in [0.1, 0.15) is 6.04 Å². The lowest BCUT2D eigenvalue weighted by molar-refractivity contribution is -0.119. The Morgan fingerprint density at radius 3 is 2.90 bits per heavy atom. The van der Waals surface area contributed by atoms with Gasteiger partial charge in [-0.05, 0) is 37.5 Å². The van der Waals surface area contributed by atoms with Crippen molar-refractivity contribution in [1.82, 2.24) is 9.78 Å². The van der Waals surface area contributed by atoms with E-state index < -0.39 is 0 Å². The van der Waals surface area contributed by atoms with Crippen molar-refractivity contribution in [1.29, 1.82) is 0 Å². The molecule has 0 bridgehead atoms.